The van der Waals surface area contributed by atoms with E-state index in [0.717, 1.165) is 42.9 Å². The summed E-state index contributed by atoms with van der Waals surface area (Å²) in [6, 6.07) is 12.8. The first-order chi connectivity index (χ1) is 15.9. The third-order valence-electron chi connectivity index (χ3n) is 7.31. The van der Waals surface area contributed by atoms with Gasteiger partial charge in [-0.3, -0.25) is 9.69 Å². The van der Waals surface area contributed by atoms with Crippen LogP contribution in [-0.2, 0) is 17.8 Å². The highest BCUT2D eigenvalue weighted by Crippen LogP contribution is 2.35. The molecule has 1 heterocycles. The van der Waals surface area contributed by atoms with Gasteiger partial charge in [0.15, 0.2) is 0 Å². The predicted molar refractivity (Wildman–Crippen MR) is 131 cm³/mol. The average molecular weight is 450 g/mol. The van der Waals surface area contributed by atoms with E-state index >= 15 is 0 Å². The summed E-state index contributed by atoms with van der Waals surface area (Å²) in [5.74, 6) is 1.39. The Morgan fingerprint density at radius 1 is 1.18 bits per heavy atom. The molecule has 1 fully saturated rings. The molecule has 0 bridgehead atoms. The lowest BCUT2D eigenvalue weighted by molar-refractivity contribution is -0.147. The lowest BCUT2D eigenvalue weighted by Gasteiger charge is -2.38. The van der Waals surface area contributed by atoms with Crippen LogP contribution in [0.2, 0.25) is 0 Å². The third kappa shape index (κ3) is 5.09. The largest absolute Gasteiger partial charge is 0.496 e. The van der Waals surface area contributed by atoms with Crippen LogP contribution in [0.25, 0.3) is 5.57 Å². The molecule has 5 heteroatoms. The number of nitrogens with zero attached hydrogens (tertiary/aromatic N) is 1. The number of hydrogen-bond donors (Lipinski definition) is 1. The van der Waals surface area contributed by atoms with Crippen molar-refractivity contribution in [2.75, 3.05) is 26.7 Å². The Balaban J connectivity index is 1.41. The van der Waals surface area contributed by atoms with E-state index in [2.05, 4.69) is 62.1 Å². The van der Waals surface area contributed by atoms with Crippen LogP contribution >= 0.6 is 0 Å². The number of ether oxygens (including phenoxy) is 2. The standard InChI is InChI=1S/C28H35NO4/c1-5-18(2)20-6-9-23(27(13-20)32-4)17-33-25-10-11-26-19(3)22(8-7-21(26)12-25)14-29-15-24(16-29)28(30)31/h6,9-13,18,24H,5,7-8,14-17H2,1-4H3,(H,30,31). The summed E-state index contributed by atoms with van der Waals surface area (Å²) in [4.78, 5) is 13.3. The Morgan fingerprint density at radius 2 is 1.97 bits per heavy atom. The van der Waals surface area contributed by atoms with E-state index in [1.807, 2.05) is 0 Å². The Bertz CT molecular complexity index is 1050. The fraction of sp³-hybridized carbons (Fsp3) is 0.464. The van der Waals surface area contributed by atoms with Crippen LogP contribution in [-0.4, -0.2) is 42.7 Å². The first-order valence-corrected chi connectivity index (χ1v) is 12.0. The topological polar surface area (TPSA) is 59.0 Å². The normalized spacial score (nSPS) is 17.3. The van der Waals surface area contributed by atoms with Gasteiger partial charge in [0, 0.05) is 25.2 Å². The second-order valence-corrected chi connectivity index (χ2v) is 9.45. The van der Waals surface area contributed by atoms with E-state index in [9.17, 15) is 4.79 Å². The molecule has 1 unspecified atom stereocenters. The molecule has 0 saturated carbocycles. The Labute approximate surface area is 197 Å². The molecule has 0 aromatic heterocycles. The number of aryl methyl sites for hydroxylation is 1. The summed E-state index contributed by atoms with van der Waals surface area (Å²) in [5.41, 5.74) is 7.70. The Hall–Kier alpha value is -2.79. The average Bonchev–Trinajstić information content (AvgIpc) is 2.80. The van der Waals surface area contributed by atoms with Gasteiger partial charge in [0.25, 0.3) is 0 Å². The smallest absolute Gasteiger partial charge is 0.309 e. The number of aliphatic carboxylic acids is 1. The Kier molecular flexibility index (Phi) is 7.08. The molecule has 1 aliphatic heterocycles. The molecule has 0 spiro atoms. The van der Waals surface area contributed by atoms with Gasteiger partial charge in [-0.15, -0.1) is 0 Å². The number of methoxy groups -OCH3 is 1. The highest BCUT2D eigenvalue weighted by molar-refractivity contribution is 5.73. The van der Waals surface area contributed by atoms with Crippen molar-refractivity contribution >= 4 is 11.5 Å². The van der Waals surface area contributed by atoms with Crippen molar-refractivity contribution in [3.8, 4) is 11.5 Å². The highest BCUT2D eigenvalue weighted by atomic mass is 16.5. The molecule has 2 aliphatic rings. The summed E-state index contributed by atoms with van der Waals surface area (Å²) in [6.45, 7) is 9.29. The summed E-state index contributed by atoms with van der Waals surface area (Å²) in [6.07, 6.45) is 3.11. The number of hydrogen-bond acceptors (Lipinski definition) is 4. The highest BCUT2D eigenvalue weighted by Gasteiger charge is 2.33. The summed E-state index contributed by atoms with van der Waals surface area (Å²) >= 11 is 0. The third-order valence-corrected chi connectivity index (χ3v) is 7.31. The molecule has 2 aromatic rings. The molecule has 2 aromatic carbocycles. The minimum absolute atomic E-state index is 0.202. The minimum atomic E-state index is -0.678. The SMILES string of the molecule is CCC(C)c1ccc(COc2ccc3c(c2)CCC(CN2CC(C(=O)O)C2)=C3C)c(OC)c1. The Morgan fingerprint density at radius 3 is 2.67 bits per heavy atom. The van der Waals surface area contributed by atoms with Gasteiger partial charge in [0.2, 0.25) is 0 Å². The first-order valence-electron chi connectivity index (χ1n) is 12.0. The van der Waals surface area contributed by atoms with E-state index in [1.165, 1.54) is 27.8 Å². The molecule has 4 rings (SSSR count). The van der Waals surface area contributed by atoms with Crippen LogP contribution in [0.4, 0.5) is 0 Å². The van der Waals surface area contributed by atoms with Gasteiger partial charge in [0.1, 0.15) is 18.1 Å². The molecular weight excluding hydrogens is 414 g/mol. The molecule has 1 atom stereocenters. The zero-order valence-electron chi connectivity index (χ0n) is 20.2. The fourth-order valence-electron chi connectivity index (χ4n) is 4.80. The molecule has 0 radical (unpaired) electrons. The zero-order chi connectivity index (χ0) is 23.5. The van der Waals surface area contributed by atoms with Gasteiger partial charge >= 0.3 is 5.97 Å². The number of allylic oxidation sites excluding steroid dienone is 1. The van der Waals surface area contributed by atoms with Gasteiger partial charge in [-0.1, -0.05) is 37.6 Å². The van der Waals surface area contributed by atoms with E-state index in [4.69, 9.17) is 14.6 Å². The van der Waals surface area contributed by atoms with Gasteiger partial charge in [0.05, 0.1) is 13.0 Å². The molecule has 176 valence electrons. The number of carbonyl (C=O) groups is 1. The molecule has 33 heavy (non-hydrogen) atoms. The van der Waals surface area contributed by atoms with E-state index < -0.39 is 5.97 Å². The van der Waals surface area contributed by atoms with Crippen LogP contribution in [0.1, 0.15) is 61.8 Å². The van der Waals surface area contributed by atoms with Crippen LogP contribution < -0.4 is 9.47 Å². The molecule has 5 nitrogen and oxygen atoms in total. The summed E-state index contributed by atoms with van der Waals surface area (Å²) in [5, 5.41) is 9.10. The molecule has 0 amide bonds. The molecule has 1 N–H and O–H groups in total. The second kappa shape index (κ2) is 10.0. The quantitative estimate of drug-likeness (QED) is 0.546. The number of fused-ring (bicyclic) bond motifs is 1. The monoisotopic (exact) mass is 449 g/mol. The van der Waals surface area contributed by atoms with Crippen molar-refractivity contribution in [2.45, 2.75) is 52.6 Å². The van der Waals surface area contributed by atoms with E-state index in [1.54, 1.807) is 7.11 Å². The number of carboxylic acids is 1. The summed E-state index contributed by atoms with van der Waals surface area (Å²) in [7, 11) is 1.72. The lowest BCUT2D eigenvalue weighted by atomic mass is 9.85. The first kappa shape index (κ1) is 23.4. The maximum absolute atomic E-state index is 11.1. The van der Waals surface area contributed by atoms with Crippen molar-refractivity contribution in [1.82, 2.24) is 4.90 Å². The fourth-order valence-corrected chi connectivity index (χ4v) is 4.80. The lowest BCUT2D eigenvalue weighted by Crippen LogP contribution is -2.50. The van der Waals surface area contributed by atoms with Gasteiger partial charge in [-0.05, 0) is 72.6 Å². The van der Waals surface area contributed by atoms with Crippen molar-refractivity contribution < 1.29 is 19.4 Å². The van der Waals surface area contributed by atoms with Gasteiger partial charge < -0.3 is 14.6 Å². The van der Waals surface area contributed by atoms with E-state index in [-0.39, 0.29) is 5.92 Å². The van der Waals surface area contributed by atoms with Gasteiger partial charge in [-0.2, -0.15) is 0 Å². The maximum atomic E-state index is 11.1. The maximum Gasteiger partial charge on any atom is 0.309 e. The van der Waals surface area contributed by atoms with Gasteiger partial charge in [-0.25, -0.2) is 0 Å². The second-order valence-electron chi connectivity index (χ2n) is 9.45. The van der Waals surface area contributed by atoms with Crippen molar-refractivity contribution in [3.63, 3.8) is 0 Å². The van der Waals surface area contributed by atoms with Crippen LogP contribution in [0.15, 0.2) is 42.0 Å². The van der Waals surface area contributed by atoms with Crippen LogP contribution in [0.5, 0.6) is 11.5 Å². The van der Waals surface area contributed by atoms with Crippen LogP contribution in [0.3, 0.4) is 0 Å². The number of likely N-dealkylation sites (tertiary alicyclic amines) is 1. The van der Waals surface area contributed by atoms with Crippen LogP contribution in [0, 0.1) is 5.92 Å². The van der Waals surface area contributed by atoms with E-state index in [0.29, 0.717) is 25.6 Å². The van der Waals surface area contributed by atoms with Crippen molar-refractivity contribution in [1.29, 1.82) is 0 Å². The number of benzene rings is 2. The number of rotatable bonds is 9. The molecule has 1 aliphatic carbocycles. The summed E-state index contributed by atoms with van der Waals surface area (Å²) < 4.78 is 11.8. The zero-order valence-corrected chi connectivity index (χ0v) is 20.2. The predicted octanol–water partition coefficient (Wildman–Crippen LogP) is 5.52. The minimum Gasteiger partial charge on any atom is -0.496 e. The molecule has 1 saturated heterocycles. The number of carboxylic acid groups (broad SMARTS) is 1. The van der Waals surface area contributed by atoms with Crippen molar-refractivity contribution in [3.05, 3.63) is 64.2 Å². The molecular formula is C28H35NO4. The van der Waals surface area contributed by atoms with Crippen molar-refractivity contribution in [2.24, 2.45) is 5.92 Å².